The molecule has 0 saturated carbocycles. The Hall–Kier alpha value is -1.88. The molecule has 0 atom stereocenters. The van der Waals surface area contributed by atoms with E-state index in [1.165, 1.54) is 0 Å². The molecule has 1 N–H and O–H groups in total. The minimum atomic E-state index is 0.0818. The van der Waals surface area contributed by atoms with Crippen LogP contribution in [0.3, 0.4) is 0 Å². The minimum absolute atomic E-state index is 0.0818. The molecule has 0 radical (unpaired) electrons. The fourth-order valence-corrected chi connectivity index (χ4v) is 1.74. The van der Waals surface area contributed by atoms with Crippen molar-refractivity contribution >= 4 is 5.82 Å². The van der Waals surface area contributed by atoms with E-state index in [9.17, 15) is 0 Å². The summed E-state index contributed by atoms with van der Waals surface area (Å²) in [6.45, 7) is 7.88. The maximum atomic E-state index is 5.06. The van der Waals surface area contributed by atoms with Crippen LogP contribution in [0.4, 0.5) is 5.82 Å². The lowest BCUT2D eigenvalue weighted by atomic mass is 10.1. The quantitative estimate of drug-likeness (QED) is 0.908. The molecule has 2 aromatic rings. The minimum Gasteiger partial charge on any atom is -0.472 e. The summed E-state index contributed by atoms with van der Waals surface area (Å²) in [6.07, 6.45) is 3.42. The average Bonchev–Trinajstić information content (AvgIpc) is 2.89. The summed E-state index contributed by atoms with van der Waals surface area (Å²) in [7, 11) is 1.99. The van der Waals surface area contributed by atoms with Crippen LogP contribution in [-0.4, -0.2) is 22.8 Å². The molecule has 2 rings (SSSR count). The van der Waals surface area contributed by atoms with Gasteiger partial charge in [0.25, 0.3) is 0 Å². The van der Waals surface area contributed by atoms with E-state index >= 15 is 0 Å². The van der Waals surface area contributed by atoms with E-state index in [2.05, 4.69) is 36.3 Å². The van der Waals surface area contributed by atoms with Crippen molar-refractivity contribution in [3.8, 4) is 0 Å². The normalized spacial score (nSPS) is 11.6. The smallest absolute Gasteiger partial charge is 0.151 e. The first-order valence-corrected chi connectivity index (χ1v) is 6.74. The van der Waals surface area contributed by atoms with E-state index in [4.69, 9.17) is 4.42 Å². The van der Waals surface area contributed by atoms with Crippen molar-refractivity contribution in [2.75, 3.05) is 11.9 Å². The first-order valence-electron chi connectivity index (χ1n) is 6.74. The van der Waals surface area contributed by atoms with E-state index in [0.717, 1.165) is 30.2 Å². The molecule has 20 heavy (non-hydrogen) atoms. The second-order valence-corrected chi connectivity index (χ2v) is 5.97. The molecule has 2 heterocycles. The summed E-state index contributed by atoms with van der Waals surface area (Å²) in [5.41, 5.74) is 2.14. The van der Waals surface area contributed by atoms with Gasteiger partial charge in [0.2, 0.25) is 0 Å². The second-order valence-electron chi connectivity index (χ2n) is 5.97. The first kappa shape index (κ1) is 14.5. The van der Waals surface area contributed by atoms with Gasteiger partial charge in [-0.2, -0.15) is 5.10 Å². The molecule has 0 spiro atoms. The van der Waals surface area contributed by atoms with Crippen LogP contribution >= 0.6 is 0 Å². The lowest BCUT2D eigenvalue weighted by molar-refractivity contribution is 0.420. The number of nitrogens with one attached hydrogen (secondary N) is 1. The van der Waals surface area contributed by atoms with Crippen LogP contribution in [0.5, 0.6) is 0 Å². The van der Waals surface area contributed by atoms with Crippen LogP contribution in [-0.2, 0) is 13.1 Å². The molecule has 0 saturated heterocycles. The number of rotatable bonds is 5. The predicted molar refractivity (Wildman–Crippen MR) is 79.4 cm³/mol. The van der Waals surface area contributed by atoms with Crippen molar-refractivity contribution < 1.29 is 4.42 Å². The maximum Gasteiger partial charge on any atom is 0.151 e. The number of hydrogen-bond donors (Lipinski definition) is 1. The van der Waals surface area contributed by atoms with Gasteiger partial charge in [0, 0.05) is 31.2 Å². The van der Waals surface area contributed by atoms with Crippen LogP contribution in [0.2, 0.25) is 0 Å². The van der Waals surface area contributed by atoms with Crippen molar-refractivity contribution in [1.82, 2.24) is 15.5 Å². The summed E-state index contributed by atoms with van der Waals surface area (Å²) in [4.78, 5) is 2.04. The molecule has 0 aliphatic carbocycles. The summed E-state index contributed by atoms with van der Waals surface area (Å²) < 4.78 is 5.06. The van der Waals surface area contributed by atoms with Crippen molar-refractivity contribution in [3.63, 3.8) is 0 Å². The van der Waals surface area contributed by atoms with Gasteiger partial charge in [-0.05, 0) is 39.0 Å². The van der Waals surface area contributed by atoms with E-state index < -0.39 is 0 Å². The lowest BCUT2D eigenvalue weighted by Gasteiger charge is -2.20. The zero-order chi connectivity index (χ0) is 14.6. The Morgan fingerprint density at radius 1 is 1.20 bits per heavy atom. The van der Waals surface area contributed by atoms with Crippen molar-refractivity contribution in [1.29, 1.82) is 0 Å². The zero-order valence-corrected chi connectivity index (χ0v) is 12.6. The molecule has 2 aromatic heterocycles. The van der Waals surface area contributed by atoms with Crippen LogP contribution in [0.15, 0.2) is 35.1 Å². The topological polar surface area (TPSA) is 54.2 Å². The monoisotopic (exact) mass is 274 g/mol. The van der Waals surface area contributed by atoms with Crippen molar-refractivity contribution in [2.24, 2.45) is 0 Å². The van der Waals surface area contributed by atoms with Gasteiger partial charge in [0.1, 0.15) is 0 Å². The third-order valence-corrected chi connectivity index (χ3v) is 2.90. The number of aromatic nitrogens is 2. The molecule has 0 bridgehead atoms. The van der Waals surface area contributed by atoms with Gasteiger partial charge in [0.05, 0.1) is 18.2 Å². The Balaban J connectivity index is 1.93. The van der Waals surface area contributed by atoms with Crippen LogP contribution in [0.1, 0.15) is 32.0 Å². The highest BCUT2D eigenvalue weighted by molar-refractivity contribution is 5.37. The Labute approximate surface area is 120 Å². The van der Waals surface area contributed by atoms with E-state index in [1.807, 2.05) is 30.1 Å². The average molecular weight is 274 g/mol. The molecular formula is C15H22N4O. The third-order valence-electron chi connectivity index (χ3n) is 2.90. The van der Waals surface area contributed by atoms with Crippen LogP contribution in [0.25, 0.3) is 0 Å². The second kappa shape index (κ2) is 6.05. The predicted octanol–water partition coefficient (Wildman–Crippen LogP) is 2.59. The molecule has 0 aliphatic rings. The highest BCUT2D eigenvalue weighted by atomic mass is 16.3. The Morgan fingerprint density at radius 3 is 2.55 bits per heavy atom. The summed E-state index contributed by atoms with van der Waals surface area (Å²) in [6, 6.07) is 5.95. The molecule has 108 valence electrons. The van der Waals surface area contributed by atoms with E-state index in [1.54, 1.807) is 12.5 Å². The summed E-state index contributed by atoms with van der Waals surface area (Å²) >= 11 is 0. The number of hydrogen-bond acceptors (Lipinski definition) is 5. The largest absolute Gasteiger partial charge is 0.472 e. The molecule has 5 nitrogen and oxygen atoms in total. The molecule has 5 heteroatoms. The van der Waals surface area contributed by atoms with Crippen molar-refractivity contribution in [2.45, 2.75) is 39.4 Å². The Morgan fingerprint density at radius 2 is 2.00 bits per heavy atom. The summed E-state index contributed by atoms with van der Waals surface area (Å²) in [5, 5.41) is 11.9. The summed E-state index contributed by atoms with van der Waals surface area (Å²) in [5.74, 6) is 0.853. The first-order chi connectivity index (χ1) is 9.44. The SMILES string of the molecule is CN(Cc1ccoc1)c1ccc(CNC(C)(C)C)nn1. The van der Waals surface area contributed by atoms with Gasteiger partial charge < -0.3 is 14.6 Å². The molecule has 0 amide bonds. The number of furan rings is 1. The van der Waals surface area contributed by atoms with Gasteiger partial charge in [-0.15, -0.1) is 5.10 Å². The van der Waals surface area contributed by atoms with Gasteiger partial charge >= 0.3 is 0 Å². The standard InChI is InChI=1S/C15H22N4O/c1-15(2,3)16-9-13-5-6-14(18-17-13)19(4)10-12-7-8-20-11-12/h5-8,11,16H,9-10H2,1-4H3. The Bertz CT molecular complexity index is 514. The van der Waals surface area contributed by atoms with Crippen LogP contribution in [0, 0.1) is 0 Å². The fraction of sp³-hybridized carbons (Fsp3) is 0.467. The maximum absolute atomic E-state index is 5.06. The molecule has 0 aromatic carbocycles. The molecule has 0 aliphatic heterocycles. The molecular weight excluding hydrogens is 252 g/mol. The number of anilines is 1. The number of nitrogens with zero attached hydrogens (tertiary/aromatic N) is 3. The molecule has 0 fully saturated rings. The van der Waals surface area contributed by atoms with E-state index in [0.29, 0.717) is 0 Å². The zero-order valence-electron chi connectivity index (χ0n) is 12.6. The van der Waals surface area contributed by atoms with E-state index in [-0.39, 0.29) is 5.54 Å². The highest BCUT2D eigenvalue weighted by Crippen LogP contribution is 2.12. The van der Waals surface area contributed by atoms with Gasteiger partial charge in [-0.3, -0.25) is 0 Å². The molecule has 0 unspecified atom stereocenters. The lowest BCUT2D eigenvalue weighted by Crippen LogP contribution is -2.35. The van der Waals surface area contributed by atoms with Gasteiger partial charge in [0.15, 0.2) is 5.82 Å². The van der Waals surface area contributed by atoms with Gasteiger partial charge in [-0.25, -0.2) is 0 Å². The van der Waals surface area contributed by atoms with Gasteiger partial charge in [-0.1, -0.05) is 0 Å². The fourth-order valence-electron chi connectivity index (χ4n) is 1.74. The third kappa shape index (κ3) is 4.35. The van der Waals surface area contributed by atoms with Crippen LogP contribution < -0.4 is 10.2 Å². The van der Waals surface area contributed by atoms with Crippen molar-refractivity contribution in [3.05, 3.63) is 42.0 Å². The Kier molecular flexibility index (Phi) is 4.39. The highest BCUT2D eigenvalue weighted by Gasteiger charge is 2.10.